The second-order valence-corrected chi connectivity index (χ2v) is 10.3. The summed E-state index contributed by atoms with van der Waals surface area (Å²) in [4.78, 5) is 19.4. The lowest BCUT2D eigenvalue weighted by Crippen LogP contribution is -2.30. The molecule has 0 radical (unpaired) electrons. The van der Waals surface area contributed by atoms with Crippen LogP contribution < -0.4 is 9.47 Å². The number of fused-ring (bicyclic) bond motifs is 1. The Morgan fingerprint density at radius 2 is 1.81 bits per heavy atom. The smallest absolute Gasteiger partial charge is 0.496 e. The Labute approximate surface area is 245 Å². The number of alkyl halides is 4. The van der Waals surface area contributed by atoms with Crippen LogP contribution in [-0.2, 0) is 16.1 Å². The van der Waals surface area contributed by atoms with E-state index in [0.717, 1.165) is 22.2 Å². The van der Waals surface area contributed by atoms with Crippen LogP contribution in [0.5, 0.6) is 11.5 Å². The van der Waals surface area contributed by atoms with Crippen LogP contribution >= 0.6 is 0 Å². The number of aromatic nitrogens is 2. The van der Waals surface area contributed by atoms with Crippen LogP contribution in [0.4, 0.5) is 22.4 Å². The monoisotopic (exact) mass is 601 g/mol. The number of hydrogen-bond acceptors (Lipinski definition) is 6. The van der Waals surface area contributed by atoms with Crippen molar-refractivity contribution >= 4 is 17.1 Å². The predicted octanol–water partition coefficient (Wildman–Crippen LogP) is 6.78. The Kier molecular flexibility index (Phi) is 8.77. The normalized spacial score (nSPS) is 17.0. The van der Waals surface area contributed by atoms with Crippen LogP contribution in [0.2, 0.25) is 0 Å². The first kappa shape index (κ1) is 30.1. The van der Waals surface area contributed by atoms with Gasteiger partial charge in [-0.05, 0) is 48.7 Å². The molecule has 3 heterocycles. The molecule has 1 fully saturated rings. The zero-order valence-corrected chi connectivity index (χ0v) is 23.9. The first-order valence-electron chi connectivity index (χ1n) is 13.6. The predicted molar refractivity (Wildman–Crippen MR) is 151 cm³/mol. The number of carbonyl (C=O) groups excluding carboxylic acids is 1. The molecule has 12 heteroatoms. The molecule has 0 unspecified atom stereocenters. The average Bonchev–Trinajstić information content (AvgIpc) is 3.54. The fourth-order valence-corrected chi connectivity index (χ4v) is 5.38. The molecule has 4 aromatic rings. The highest BCUT2D eigenvalue weighted by Gasteiger charge is 2.39. The number of carbonyl (C=O) groups is 1. The van der Waals surface area contributed by atoms with E-state index < -0.39 is 31.0 Å². The van der Waals surface area contributed by atoms with Crippen LogP contribution in [0.25, 0.3) is 22.3 Å². The first-order chi connectivity index (χ1) is 20.6. The van der Waals surface area contributed by atoms with E-state index >= 15 is 0 Å². The summed E-state index contributed by atoms with van der Waals surface area (Å²) >= 11 is 0. The van der Waals surface area contributed by atoms with Gasteiger partial charge in [0.05, 0.1) is 49.1 Å². The summed E-state index contributed by atoms with van der Waals surface area (Å²) in [6.45, 7) is 3.59. The van der Waals surface area contributed by atoms with Crippen molar-refractivity contribution in [2.75, 3.05) is 33.5 Å². The molecule has 0 N–H and O–H groups in total. The summed E-state index contributed by atoms with van der Waals surface area (Å²) in [5.74, 6) is -0.226. The minimum absolute atomic E-state index is 0.110. The maximum absolute atomic E-state index is 13.1. The summed E-state index contributed by atoms with van der Waals surface area (Å²) in [6, 6.07) is 14.8. The van der Waals surface area contributed by atoms with Gasteiger partial charge in [0.1, 0.15) is 24.8 Å². The fraction of sp³-hybridized carbons (Fsp3) is 0.355. The van der Waals surface area contributed by atoms with E-state index in [4.69, 9.17) is 19.2 Å². The lowest BCUT2D eigenvalue weighted by Gasteiger charge is -2.21. The van der Waals surface area contributed by atoms with Crippen molar-refractivity contribution in [3.63, 3.8) is 0 Å². The number of amides is 1. The van der Waals surface area contributed by atoms with Gasteiger partial charge >= 0.3 is 12.5 Å². The Balaban J connectivity index is 1.44. The molecule has 0 bridgehead atoms. The number of ether oxygens (including phenoxy) is 4. The van der Waals surface area contributed by atoms with E-state index in [9.17, 15) is 22.4 Å². The Morgan fingerprint density at radius 1 is 1.05 bits per heavy atom. The van der Waals surface area contributed by atoms with Crippen LogP contribution in [0.15, 0.2) is 60.8 Å². The molecule has 1 amide bonds. The highest BCUT2D eigenvalue weighted by Crippen LogP contribution is 2.38. The number of methoxy groups -OCH3 is 1. The number of likely N-dealkylation sites (tertiary alicyclic amines) is 1. The highest BCUT2D eigenvalue weighted by molar-refractivity contribution is 5.85. The van der Waals surface area contributed by atoms with Gasteiger partial charge in [-0.15, -0.1) is 13.2 Å². The van der Waals surface area contributed by atoms with Gasteiger partial charge in [0.15, 0.2) is 0 Å². The quantitative estimate of drug-likeness (QED) is 0.197. The van der Waals surface area contributed by atoms with Crippen LogP contribution in [0.1, 0.15) is 22.7 Å². The van der Waals surface area contributed by atoms with Crippen LogP contribution in [0.3, 0.4) is 0 Å². The number of hydrogen-bond donors (Lipinski definition) is 0. The van der Waals surface area contributed by atoms with E-state index in [0.29, 0.717) is 16.8 Å². The zero-order chi connectivity index (χ0) is 30.7. The molecule has 2 aromatic heterocycles. The molecule has 43 heavy (non-hydrogen) atoms. The van der Waals surface area contributed by atoms with Crippen molar-refractivity contribution in [3.05, 3.63) is 77.5 Å². The molecule has 1 aliphatic rings. The molecular weight excluding hydrogens is 570 g/mol. The SMILES string of the molecule is COc1cc(OC(F)(F)F)ccc1-c1nc2c(C)cn([C@@H]3CN(C(=O)OCc4ccccc4)C[C@@H]3OCCF)c2cc1C. The third kappa shape index (κ3) is 6.69. The second-order valence-electron chi connectivity index (χ2n) is 10.3. The van der Waals surface area contributed by atoms with E-state index in [1.54, 1.807) is 4.90 Å². The standard InChI is InChI=1S/C31H31F4N3O5/c1-19-13-24-29(36-28(19)23-10-9-22(14-26(23)40-3)43-31(33,34)35)20(2)15-38(24)25-16-37(17-27(25)41-12-11-32)30(39)42-18-21-7-5-4-6-8-21/h4-10,13-15,25,27H,11-12,16-18H2,1-3H3/t25-,27+/m1/s1. The van der Waals surface area contributed by atoms with Crippen molar-refractivity contribution < 1.29 is 41.3 Å². The molecule has 5 rings (SSSR count). The van der Waals surface area contributed by atoms with Gasteiger partial charge in [0.25, 0.3) is 0 Å². The third-order valence-corrected chi connectivity index (χ3v) is 7.31. The molecule has 1 aliphatic heterocycles. The van der Waals surface area contributed by atoms with Crippen LogP contribution in [0, 0.1) is 13.8 Å². The Bertz CT molecular complexity index is 1590. The number of aryl methyl sites for hydroxylation is 2. The highest BCUT2D eigenvalue weighted by atomic mass is 19.4. The van der Waals surface area contributed by atoms with Crippen molar-refractivity contribution in [1.29, 1.82) is 0 Å². The molecular formula is C31H31F4N3O5. The van der Waals surface area contributed by atoms with Gasteiger partial charge in [-0.2, -0.15) is 0 Å². The van der Waals surface area contributed by atoms with Gasteiger partial charge in [0, 0.05) is 24.4 Å². The Morgan fingerprint density at radius 3 is 2.51 bits per heavy atom. The minimum Gasteiger partial charge on any atom is -0.496 e. The maximum atomic E-state index is 13.1. The van der Waals surface area contributed by atoms with Gasteiger partial charge in [0.2, 0.25) is 0 Å². The summed E-state index contributed by atoms with van der Waals surface area (Å²) < 4.78 is 74.2. The number of halogens is 4. The van der Waals surface area contributed by atoms with Crippen molar-refractivity contribution in [2.24, 2.45) is 0 Å². The summed E-state index contributed by atoms with van der Waals surface area (Å²) in [5.41, 5.74) is 4.91. The maximum Gasteiger partial charge on any atom is 0.573 e. The van der Waals surface area contributed by atoms with E-state index in [2.05, 4.69) is 4.74 Å². The van der Waals surface area contributed by atoms with Crippen molar-refractivity contribution in [2.45, 2.75) is 39.0 Å². The number of pyridine rings is 1. The molecule has 1 saturated heterocycles. The molecule has 2 aromatic carbocycles. The van der Waals surface area contributed by atoms with E-state index in [-0.39, 0.29) is 38.1 Å². The summed E-state index contributed by atoms with van der Waals surface area (Å²) in [5, 5.41) is 0. The van der Waals surface area contributed by atoms with Crippen molar-refractivity contribution in [1.82, 2.24) is 14.5 Å². The van der Waals surface area contributed by atoms with Gasteiger partial charge < -0.3 is 28.4 Å². The molecule has 2 atom stereocenters. The molecule has 0 aliphatic carbocycles. The second kappa shape index (κ2) is 12.5. The van der Waals surface area contributed by atoms with Crippen LogP contribution in [-0.4, -0.2) is 66.5 Å². The third-order valence-electron chi connectivity index (χ3n) is 7.31. The molecule has 228 valence electrons. The summed E-state index contributed by atoms with van der Waals surface area (Å²) in [7, 11) is 1.36. The van der Waals surface area contributed by atoms with Crippen molar-refractivity contribution in [3.8, 4) is 22.8 Å². The Hall–Kier alpha value is -4.32. The number of nitrogens with zero attached hydrogens (tertiary/aromatic N) is 3. The largest absolute Gasteiger partial charge is 0.573 e. The molecule has 0 saturated carbocycles. The topological polar surface area (TPSA) is 75.1 Å². The number of rotatable bonds is 9. The lowest BCUT2D eigenvalue weighted by molar-refractivity contribution is -0.274. The lowest BCUT2D eigenvalue weighted by atomic mass is 10.0. The fourth-order valence-electron chi connectivity index (χ4n) is 5.38. The zero-order valence-electron chi connectivity index (χ0n) is 23.9. The van der Waals surface area contributed by atoms with Gasteiger partial charge in [-0.1, -0.05) is 30.3 Å². The number of benzene rings is 2. The average molecular weight is 602 g/mol. The van der Waals surface area contributed by atoms with Gasteiger partial charge in [-0.3, -0.25) is 0 Å². The molecule has 8 nitrogen and oxygen atoms in total. The van der Waals surface area contributed by atoms with E-state index in [1.165, 1.54) is 25.3 Å². The summed E-state index contributed by atoms with van der Waals surface area (Å²) in [6.07, 6.45) is -3.90. The molecule has 0 spiro atoms. The minimum atomic E-state index is -4.83. The van der Waals surface area contributed by atoms with E-state index in [1.807, 2.05) is 61.0 Å². The first-order valence-corrected chi connectivity index (χ1v) is 13.6. The van der Waals surface area contributed by atoms with Gasteiger partial charge in [-0.25, -0.2) is 14.2 Å².